The molecule has 0 bridgehead atoms. The molecule has 2 N–H and O–H groups in total. The average molecular weight is 584 g/mol. The van der Waals surface area contributed by atoms with Crippen molar-refractivity contribution in [3.63, 3.8) is 0 Å². The van der Waals surface area contributed by atoms with Crippen molar-refractivity contribution in [2.45, 2.75) is 38.3 Å². The Kier molecular flexibility index (Phi) is 6.36. The van der Waals surface area contributed by atoms with E-state index in [0.29, 0.717) is 36.5 Å². The van der Waals surface area contributed by atoms with Gasteiger partial charge in [0.25, 0.3) is 5.91 Å². The maximum atomic E-state index is 13.5. The summed E-state index contributed by atoms with van der Waals surface area (Å²) in [5.41, 5.74) is 0.441. The molecule has 5 heterocycles. The number of urea groups is 1. The first kappa shape index (κ1) is 26.7. The number of rotatable bonds is 9. The number of amides is 3. The molecule has 2 saturated carbocycles. The minimum absolute atomic E-state index is 0.00903. The van der Waals surface area contributed by atoms with Crippen molar-refractivity contribution in [2.24, 2.45) is 11.8 Å². The van der Waals surface area contributed by atoms with Crippen LogP contribution < -0.4 is 20.4 Å². The lowest BCUT2D eigenvalue weighted by molar-refractivity contribution is -0.120. The zero-order valence-electron chi connectivity index (χ0n) is 23.6. The quantitative estimate of drug-likeness (QED) is 0.276. The Bertz CT molecular complexity index is 1700. The molecule has 1 saturated heterocycles. The third kappa shape index (κ3) is 4.96. The van der Waals surface area contributed by atoms with Crippen LogP contribution in [0, 0.1) is 18.8 Å². The predicted octanol–water partition coefficient (Wildman–Crippen LogP) is 2.17. The lowest BCUT2D eigenvalue weighted by atomic mass is 10.2. The predicted molar refractivity (Wildman–Crippen MR) is 152 cm³/mol. The second-order valence-corrected chi connectivity index (χ2v) is 11.2. The van der Waals surface area contributed by atoms with E-state index >= 15 is 0 Å². The smallest absolute Gasteiger partial charge is 0.323 e. The number of imidazole rings is 1. The van der Waals surface area contributed by atoms with Gasteiger partial charge in [-0.15, -0.1) is 0 Å². The SMILES string of the molecule is Cc1noc(CNC(=O)N(C)c2ncn(C3(C(=O)Nc4cccc(-c5cnc(N6CC7CC7C6)nc5)n4)CC3)c2C=O)n1. The van der Waals surface area contributed by atoms with E-state index in [9.17, 15) is 14.4 Å². The summed E-state index contributed by atoms with van der Waals surface area (Å²) in [7, 11) is 1.48. The Balaban J connectivity index is 1.04. The number of carbonyl (C=O) groups excluding carboxylic acids is 3. The first-order valence-electron chi connectivity index (χ1n) is 14.0. The van der Waals surface area contributed by atoms with E-state index in [-0.39, 0.29) is 29.9 Å². The third-order valence-corrected chi connectivity index (χ3v) is 8.27. The van der Waals surface area contributed by atoms with Crippen LogP contribution in [0.5, 0.6) is 0 Å². The zero-order chi connectivity index (χ0) is 29.7. The normalized spacial score (nSPS) is 19.4. The number of hydrogen-bond donors (Lipinski definition) is 2. The molecule has 15 nitrogen and oxygen atoms in total. The highest BCUT2D eigenvalue weighted by Crippen LogP contribution is 2.47. The van der Waals surface area contributed by atoms with Crippen LogP contribution in [-0.4, -0.2) is 73.0 Å². The first-order chi connectivity index (χ1) is 20.8. The fraction of sp³-hybridized carbons (Fsp3) is 0.393. The van der Waals surface area contributed by atoms with E-state index in [0.717, 1.165) is 36.4 Å². The van der Waals surface area contributed by atoms with E-state index < -0.39 is 11.6 Å². The molecule has 7 rings (SSSR count). The summed E-state index contributed by atoms with van der Waals surface area (Å²) < 4.78 is 6.53. The molecule has 4 aromatic heterocycles. The van der Waals surface area contributed by atoms with Crippen molar-refractivity contribution in [1.29, 1.82) is 0 Å². The lowest BCUT2D eigenvalue weighted by Gasteiger charge is -2.20. The molecule has 2 aliphatic carbocycles. The second kappa shape index (κ2) is 10.3. The van der Waals surface area contributed by atoms with Crippen molar-refractivity contribution >= 4 is 35.8 Å². The largest absolute Gasteiger partial charge is 0.340 e. The van der Waals surface area contributed by atoms with Crippen molar-refractivity contribution < 1.29 is 18.9 Å². The number of nitrogens with zero attached hydrogens (tertiary/aromatic N) is 9. The van der Waals surface area contributed by atoms with Gasteiger partial charge in [-0.05, 0) is 50.2 Å². The number of nitrogens with one attached hydrogen (secondary N) is 2. The standard InChI is InChI=1S/C28H29N11O4/c1-16-33-23(43-36-16)11-31-27(42)37(2)24-21(14-40)39(15-32-24)28(6-7-28)25(41)35-22-5-3-4-20(34-22)19-9-29-26(30-10-19)38-12-17-8-18(17)13-38/h3-5,9-10,14-15,17-18H,6-8,11-13H2,1-2H3,(H,31,42)(H,34,35,41). The van der Waals surface area contributed by atoms with Crippen LogP contribution in [0.3, 0.4) is 0 Å². The minimum Gasteiger partial charge on any atom is -0.340 e. The second-order valence-electron chi connectivity index (χ2n) is 11.2. The van der Waals surface area contributed by atoms with Crippen LogP contribution in [0.1, 0.15) is 41.5 Å². The fourth-order valence-electron chi connectivity index (χ4n) is 5.61. The molecule has 3 fully saturated rings. The van der Waals surface area contributed by atoms with Gasteiger partial charge >= 0.3 is 6.03 Å². The molecule has 15 heteroatoms. The van der Waals surface area contributed by atoms with Gasteiger partial charge in [-0.3, -0.25) is 14.5 Å². The van der Waals surface area contributed by atoms with E-state index in [1.54, 1.807) is 31.5 Å². The van der Waals surface area contributed by atoms with Crippen LogP contribution in [0.25, 0.3) is 11.3 Å². The highest BCUT2D eigenvalue weighted by Gasteiger charge is 2.53. The molecule has 2 atom stereocenters. The van der Waals surface area contributed by atoms with Crippen molar-refractivity contribution in [2.75, 3.05) is 35.3 Å². The highest BCUT2D eigenvalue weighted by molar-refractivity contribution is 6.00. The molecular formula is C28H29N11O4. The van der Waals surface area contributed by atoms with Crippen molar-refractivity contribution in [1.82, 2.24) is 40.0 Å². The maximum absolute atomic E-state index is 13.5. The summed E-state index contributed by atoms with van der Waals surface area (Å²) >= 11 is 0. The number of anilines is 3. The maximum Gasteiger partial charge on any atom is 0.323 e. The Morgan fingerprint density at radius 3 is 2.58 bits per heavy atom. The summed E-state index contributed by atoms with van der Waals surface area (Å²) in [6.45, 7) is 3.71. The van der Waals surface area contributed by atoms with Crippen LogP contribution in [-0.2, 0) is 16.9 Å². The number of aryl methyl sites for hydroxylation is 1. The number of aldehydes is 1. The van der Waals surface area contributed by atoms with Crippen molar-refractivity contribution in [3.8, 4) is 11.3 Å². The third-order valence-electron chi connectivity index (χ3n) is 8.27. The Labute approximate surface area is 245 Å². The van der Waals surface area contributed by atoms with Crippen LogP contribution in [0.4, 0.5) is 22.4 Å². The zero-order valence-corrected chi connectivity index (χ0v) is 23.6. The molecule has 0 spiro atoms. The van der Waals surface area contributed by atoms with Crippen molar-refractivity contribution in [3.05, 3.63) is 54.3 Å². The highest BCUT2D eigenvalue weighted by atomic mass is 16.5. The summed E-state index contributed by atoms with van der Waals surface area (Å²) in [5, 5.41) is 9.23. The summed E-state index contributed by atoms with van der Waals surface area (Å²) in [6, 6.07) is 4.80. The van der Waals surface area contributed by atoms with Crippen LogP contribution in [0.15, 0.2) is 41.4 Å². The number of fused-ring (bicyclic) bond motifs is 1. The van der Waals surface area contributed by atoms with Gasteiger partial charge in [0.05, 0.1) is 18.6 Å². The van der Waals surface area contributed by atoms with Gasteiger partial charge in [0.15, 0.2) is 17.9 Å². The van der Waals surface area contributed by atoms with Gasteiger partial charge in [0, 0.05) is 38.1 Å². The Morgan fingerprint density at radius 2 is 1.91 bits per heavy atom. The summed E-state index contributed by atoms with van der Waals surface area (Å²) in [4.78, 5) is 64.0. The molecule has 3 aliphatic rings. The monoisotopic (exact) mass is 583 g/mol. The molecule has 1 aliphatic heterocycles. The average Bonchev–Trinajstić information content (AvgIpc) is 3.82. The van der Waals surface area contributed by atoms with E-state index in [1.165, 1.54) is 29.3 Å². The van der Waals surface area contributed by atoms with Gasteiger partial charge in [-0.1, -0.05) is 11.2 Å². The van der Waals surface area contributed by atoms with Gasteiger partial charge in [0.2, 0.25) is 11.8 Å². The van der Waals surface area contributed by atoms with Gasteiger partial charge in [-0.2, -0.15) is 4.98 Å². The summed E-state index contributed by atoms with van der Waals surface area (Å²) in [6.07, 6.45) is 7.81. The minimum atomic E-state index is -1.03. The van der Waals surface area contributed by atoms with Gasteiger partial charge in [0.1, 0.15) is 17.1 Å². The van der Waals surface area contributed by atoms with Crippen LogP contribution in [0.2, 0.25) is 0 Å². The number of piperidine rings is 1. The summed E-state index contributed by atoms with van der Waals surface area (Å²) in [5.74, 6) is 3.14. The molecule has 2 unspecified atom stereocenters. The Morgan fingerprint density at radius 1 is 1.14 bits per heavy atom. The Hall–Kier alpha value is -5.21. The van der Waals surface area contributed by atoms with E-state index in [1.807, 2.05) is 6.07 Å². The molecule has 220 valence electrons. The van der Waals surface area contributed by atoms with Gasteiger partial charge in [-0.25, -0.2) is 24.7 Å². The van der Waals surface area contributed by atoms with E-state index in [2.05, 4.69) is 45.6 Å². The molecule has 43 heavy (non-hydrogen) atoms. The number of carbonyl (C=O) groups is 3. The molecular weight excluding hydrogens is 554 g/mol. The van der Waals surface area contributed by atoms with E-state index in [4.69, 9.17) is 4.52 Å². The molecule has 4 aromatic rings. The topological polar surface area (TPSA) is 177 Å². The number of aromatic nitrogens is 7. The number of pyridine rings is 1. The first-order valence-corrected chi connectivity index (χ1v) is 14.0. The molecule has 3 amide bonds. The van der Waals surface area contributed by atoms with Gasteiger partial charge < -0.3 is 24.6 Å². The lowest BCUT2D eigenvalue weighted by Crippen LogP contribution is -2.38. The number of hydrogen-bond acceptors (Lipinski definition) is 11. The fourth-order valence-corrected chi connectivity index (χ4v) is 5.61. The molecule has 0 radical (unpaired) electrons. The molecule has 0 aromatic carbocycles. The van der Waals surface area contributed by atoms with Crippen LogP contribution >= 0.6 is 0 Å².